The molecule has 0 saturated heterocycles. The maximum atomic E-state index is 5.33. The van der Waals surface area contributed by atoms with Crippen LogP contribution in [0.4, 0.5) is 0 Å². The molecular weight excluding hydrogens is 208 g/mol. The van der Waals surface area contributed by atoms with E-state index < -0.39 is 0 Å². The van der Waals surface area contributed by atoms with E-state index in [1.165, 1.54) is 32.1 Å². The minimum Gasteiger partial charge on any atom is -0.497 e. The Hall–Kier alpha value is -0.980. The normalized spacial score (nSPS) is 31.5. The molecule has 3 atom stereocenters. The van der Waals surface area contributed by atoms with Crippen molar-refractivity contribution in [1.82, 2.24) is 0 Å². The average molecular weight is 230 g/mol. The zero-order chi connectivity index (χ0) is 11.8. The van der Waals surface area contributed by atoms with Crippen LogP contribution in [0.25, 0.3) is 0 Å². The second kappa shape index (κ2) is 4.36. The lowest BCUT2D eigenvalue weighted by Crippen LogP contribution is -2.27. The van der Waals surface area contributed by atoms with E-state index in [9.17, 15) is 0 Å². The van der Waals surface area contributed by atoms with Gasteiger partial charge < -0.3 is 4.74 Å². The minimum absolute atomic E-state index is 0.834. The molecule has 0 radical (unpaired) electrons. The summed E-state index contributed by atoms with van der Waals surface area (Å²) in [6, 6.07) is 6.71. The Morgan fingerprint density at radius 2 is 2.06 bits per heavy atom. The van der Waals surface area contributed by atoms with Crippen LogP contribution in [0.5, 0.6) is 5.75 Å². The summed E-state index contributed by atoms with van der Waals surface area (Å²) in [4.78, 5) is 0. The Balaban J connectivity index is 1.91. The summed E-state index contributed by atoms with van der Waals surface area (Å²) < 4.78 is 5.33. The van der Waals surface area contributed by atoms with E-state index in [4.69, 9.17) is 4.74 Å². The Morgan fingerprint density at radius 1 is 1.18 bits per heavy atom. The SMILES string of the molecule is COc1ccc2c(c1)CC[C@@H]1C[C@@H](C)CC[C@H]21. The smallest absolute Gasteiger partial charge is 0.119 e. The zero-order valence-corrected chi connectivity index (χ0v) is 10.9. The largest absolute Gasteiger partial charge is 0.497 e. The molecule has 2 aliphatic carbocycles. The topological polar surface area (TPSA) is 9.23 Å². The van der Waals surface area contributed by atoms with Gasteiger partial charge in [-0.25, -0.2) is 0 Å². The van der Waals surface area contributed by atoms with Gasteiger partial charge in [-0.15, -0.1) is 0 Å². The lowest BCUT2D eigenvalue weighted by molar-refractivity contribution is 0.221. The molecule has 1 saturated carbocycles. The van der Waals surface area contributed by atoms with Crippen molar-refractivity contribution in [2.24, 2.45) is 11.8 Å². The van der Waals surface area contributed by atoms with Crippen LogP contribution in [0.3, 0.4) is 0 Å². The summed E-state index contributed by atoms with van der Waals surface area (Å²) in [5.41, 5.74) is 3.16. The van der Waals surface area contributed by atoms with Crippen LogP contribution >= 0.6 is 0 Å². The summed E-state index contributed by atoms with van der Waals surface area (Å²) in [5.74, 6) is 3.74. The molecule has 0 aromatic heterocycles. The maximum Gasteiger partial charge on any atom is 0.119 e. The first-order chi connectivity index (χ1) is 8.28. The first-order valence-corrected chi connectivity index (χ1v) is 6.94. The van der Waals surface area contributed by atoms with Crippen molar-refractivity contribution in [3.8, 4) is 5.75 Å². The van der Waals surface area contributed by atoms with Crippen LogP contribution in [-0.4, -0.2) is 7.11 Å². The number of ether oxygens (including phenoxy) is 1. The molecule has 92 valence electrons. The van der Waals surface area contributed by atoms with Crippen molar-refractivity contribution in [3.63, 3.8) is 0 Å². The van der Waals surface area contributed by atoms with Gasteiger partial charge in [0.2, 0.25) is 0 Å². The number of benzene rings is 1. The van der Waals surface area contributed by atoms with Crippen molar-refractivity contribution in [1.29, 1.82) is 0 Å². The fourth-order valence-corrected chi connectivity index (χ4v) is 3.86. The van der Waals surface area contributed by atoms with Crippen LogP contribution in [0.2, 0.25) is 0 Å². The highest BCUT2D eigenvalue weighted by Gasteiger charge is 2.33. The third kappa shape index (κ3) is 1.96. The van der Waals surface area contributed by atoms with E-state index >= 15 is 0 Å². The molecule has 1 fully saturated rings. The number of hydrogen-bond donors (Lipinski definition) is 0. The number of methoxy groups -OCH3 is 1. The quantitative estimate of drug-likeness (QED) is 0.704. The number of fused-ring (bicyclic) bond motifs is 3. The van der Waals surface area contributed by atoms with E-state index in [-0.39, 0.29) is 0 Å². The molecule has 0 amide bonds. The van der Waals surface area contributed by atoms with Gasteiger partial charge in [0.15, 0.2) is 0 Å². The second-order valence-corrected chi connectivity index (χ2v) is 5.89. The monoisotopic (exact) mass is 230 g/mol. The van der Waals surface area contributed by atoms with Crippen LogP contribution in [-0.2, 0) is 6.42 Å². The standard InChI is InChI=1S/C16H22O/c1-11-3-7-15-12(9-11)4-5-13-10-14(17-2)6-8-16(13)15/h6,8,10-12,15H,3-5,7,9H2,1-2H3/t11-,12+,15-/m0/s1. The Bertz CT molecular complexity index is 410. The van der Waals surface area contributed by atoms with E-state index in [1.54, 1.807) is 18.2 Å². The zero-order valence-electron chi connectivity index (χ0n) is 10.9. The molecule has 0 aliphatic heterocycles. The maximum absolute atomic E-state index is 5.33. The van der Waals surface area contributed by atoms with Crippen molar-refractivity contribution < 1.29 is 4.74 Å². The lowest BCUT2D eigenvalue weighted by Gasteiger charge is -2.39. The van der Waals surface area contributed by atoms with Crippen LogP contribution in [0, 0.1) is 11.8 Å². The highest BCUT2D eigenvalue weighted by Crippen LogP contribution is 2.47. The molecule has 0 spiro atoms. The van der Waals surface area contributed by atoms with E-state index in [2.05, 4.69) is 25.1 Å². The predicted molar refractivity (Wildman–Crippen MR) is 70.6 cm³/mol. The van der Waals surface area contributed by atoms with Crippen molar-refractivity contribution in [3.05, 3.63) is 29.3 Å². The molecule has 1 nitrogen and oxygen atoms in total. The fourth-order valence-electron chi connectivity index (χ4n) is 3.86. The average Bonchev–Trinajstić information content (AvgIpc) is 2.37. The number of rotatable bonds is 1. The summed E-state index contributed by atoms with van der Waals surface area (Å²) in [7, 11) is 1.76. The summed E-state index contributed by atoms with van der Waals surface area (Å²) in [6.45, 7) is 2.42. The minimum atomic E-state index is 0.834. The molecule has 3 rings (SSSR count). The van der Waals surface area contributed by atoms with Crippen molar-refractivity contribution in [2.75, 3.05) is 7.11 Å². The van der Waals surface area contributed by atoms with Gasteiger partial charge in [0.1, 0.15) is 5.75 Å². The van der Waals surface area contributed by atoms with Crippen LogP contribution < -0.4 is 4.74 Å². The molecule has 0 unspecified atom stereocenters. The van der Waals surface area contributed by atoms with Crippen molar-refractivity contribution >= 4 is 0 Å². The molecular formula is C16H22O. The van der Waals surface area contributed by atoms with Crippen LogP contribution in [0.15, 0.2) is 18.2 Å². The number of hydrogen-bond acceptors (Lipinski definition) is 1. The summed E-state index contributed by atoms with van der Waals surface area (Å²) in [6.07, 6.45) is 6.88. The first-order valence-electron chi connectivity index (χ1n) is 6.94. The lowest BCUT2D eigenvalue weighted by atomic mass is 9.66. The first kappa shape index (κ1) is 11.1. The van der Waals surface area contributed by atoms with E-state index in [0.717, 1.165) is 23.5 Å². The molecule has 1 aromatic carbocycles. The van der Waals surface area contributed by atoms with E-state index in [1.807, 2.05) is 0 Å². The predicted octanol–water partition coefficient (Wildman–Crippen LogP) is 4.16. The number of aryl methyl sites for hydroxylation is 1. The molecule has 1 heteroatoms. The van der Waals surface area contributed by atoms with E-state index in [0.29, 0.717) is 0 Å². The fraction of sp³-hybridized carbons (Fsp3) is 0.625. The Kier molecular flexibility index (Phi) is 2.85. The van der Waals surface area contributed by atoms with Gasteiger partial charge in [-0.2, -0.15) is 0 Å². The second-order valence-electron chi connectivity index (χ2n) is 5.89. The molecule has 0 bridgehead atoms. The van der Waals surface area contributed by atoms with Gasteiger partial charge in [-0.05, 0) is 66.7 Å². The highest BCUT2D eigenvalue weighted by atomic mass is 16.5. The molecule has 0 heterocycles. The molecule has 2 aliphatic rings. The van der Waals surface area contributed by atoms with Gasteiger partial charge in [-0.1, -0.05) is 19.4 Å². The Morgan fingerprint density at radius 3 is 2.88 bits per heavy atom. The molecule has 1 aromatic rings. The van der Waals surface area contributed by atoms with Crippen molar-refractivity contribution in [2.45, 2.75) is 44.9 Å². The summed E-state index contributed by atoms with van der Waals surface area (Å²) >= 11 is 0. The molecule has 17 heavy (non-hydrogen) atoms. The van der Waals surface area contributed by atoms with Gasteiger partial charge in [-0.3, -0.25) is 0 Å². The van der Waals surface area contributed by atoms with Gasteiger partial charge in [0, 0.05) is 0 Å². The van der Waals surface area contributed by atoms with Gasteiger partial charge in [0.05, 0.1) is 7.11 Å². The molecule has 0 N–H and O–H groups in total. The van der Waals surface area contributed by atoms with Gasteiger partial charge in [0.25, 0.3) is 0 Å². The summed E-state index contributed by atoms with van der Waals surface area (Å²) in [5, 5.41) is 0. The third-order valence-corrected chi connectivity index (χ3v) is 4.78. The van der Waals surface area contributed by atoms with Crippen LogP contribution in [0.1, 0.15) is 49.7 Å². The van der Waals surface area contributed by atoms with Gasteiger partial charge >= 0.3 is 0 Å². The highest BCUT2D eigenvalue weighted by molar-refractivity contribution is 5.40. The Labute approximate surface area is 104 Å². The third-order valence-electron chi connectivity index (χ3n) is 4.78.